The lowest BCUT2D eigenvalue weighted by molar-refractivity contribution is 0.216. The van der Waals surface area contributed by atoms with Gasteiger partial charge in [0.25, 0.3) is 0 Å². The molecule has 0 aromatic heterocycles. The van der Waals surface area contributed by atoms with Crippen LogP contribution in [0.1, 0.15) is 32.4 Å². The van der Waals surface area contributed by atoms with Gasteiger partial charge in [-0.1, -0.05) is 17.7 Å². The number of rotatable bonds is 4. The van der Waals surface area contributed by atoms with E-state index in [9.17, 15) is 5.11 Å². The molecule has 0 saturated heterocycles. The van der Waals surface area contributed by atoms with E-state index in [-0.39, 0.29) is 18.2 Å². The van der Waals surface area contributed by atoms with Crippen molar-refractivity contribution in [1.29, 1.82) is 0 Å². The highest BCUT2D eigenvalue weighted by molar-refractivity contribution is 6.33. The molecule has 0 aliphatic carbocycles. The molecule has 0 unspecified atom stereocenters. The molecule has 0 saturated carbocycles. The third-order valence-corrected chi connectivity index (χ3v) is 3.46. The number of nitrogens with two attached hydrogens (primary N) is 1. The molecule has 0 spiro atoms. The van der Waals surface area contributed by atoms with Crippen LogP contribution in [0, 0.1) is 0 Å². The van der Waals surface area contributed by atoms with Crippen LogP contribution in [0.3, 0.4) is 0 Å². The van der Waals surface area contributed by atoms with Crippen molar-refractivity contribution in [1.82, 2.24) is 0 Å². The van der Waals surface area contributed by atoms with Crippen LogP contribution in [0.5, 0.6) is 0 Å². The summed E-state index contributed by atoms with van der Waals surface area (Å²) in [6.45, 7) is 5.91. The van der Waals surface area contributed by atoms with Crippen molar-refractivity contribution in [2.75, 3.05) is 18.6 Å². The van der Waals surface area contributed by atoms with Crippen LogP contribution in [0.4, 0.5) is 5.69 Å². The summed E-state index contributed by atoms with van der Waals surface area (Å²) < 4.78 is 0. The van der Waals surface area contributed by atoms with Crippen molar-refractivity contribution in [2.45, 2.75) is 32.4 Å². The molecule has 0 heterocycles. The molecule has 0 amide bonds. The zero-order valence-corrected chi connectivity index (χ0v) is 11.6. The van der Waals surface area contributed by atoms with Gasteiger partial charge in [-0.15, -0.1) is 0 Å². The van der Waals surface area contributed by atoms with E-state index >= 15 is 0 Å². The second-order valence-corrected chi connectivity index (χ2v) is 5.44. The zero-order valence-electron chi connectivity index (χ0n) is 10.9. The molecular weight excluding hydrogens is 236 g/mol. The van der Waals surface area contributed by atoms with E-state index in [0.717, 1.165) is 11.3 Å². The Bertz CT molecular complexity index is 391. The van der Waals surface area contributed by atoms with E-state index in [2.05, 4.69) is 0 Å². The maximum Gasteiger partial charge on any atom is 0.0658 e. The third kappa shape index (κ3) is 3.12. The molecule has 0 radical (unpaired) electrons. The monoisotopic (exact) mass is 256 g/mol. The molecule has 4 heteroatoms. The van der Waals surface area contributed by atoms with E-state index in [1.165, 1.54) is 0 Å². The molecule has 0 aliphatic heterocycles. The molecule has 1 rings (SSSR count). The number of anilines is 1. The summed E-state index contributed by atoms with van der Waals surface area (Å²) >= 11 is 6.25. The lowest BCUT2D eigenvalue weighted by Gasteiger charge is -2.36. The highest BCUT2D eigenvalue weighted by atomic mass is 35.5. The normalized spacial score (nSPS) is 13.6. The molecular formula is C13H21ClN2O. The Hall–Kier alpha value is -0.770. The van der Waals surface area contributed by atoms with Gasteiger partial charge in [0.2, 0.25) is 0 Å². The maximum atomic E-state index is 9.35. The Morgan fingerprint density at radius 3 is 2.47 bits per heavy atom. The van der Waals surface area contributed by atoms with Crippen molar-refractivity contribution in [3.8, 4) is 0 Å². The number of nitrogens with zero attached hydrogens (tertiary/aromatic N) is 1. The van der Waals surface area contributed by atoms with E-state index in [1.807, 2.05) is 50.9 Å². The first kappa shape index (κ1) is 14.3. The Labute approximate surface area is 108 Å². The molecule has 17 heavy (non-hydrogen) atoms. The van der Waals surface area contributed by atoms with Crippen molar-refractivity contribution in [2.24, 2.45) is 5.73 Å². The van der Waals surface area contributed by atoms with E-state index in [4.69, 9.17) is 17.3 Å². The van der Waals surface area contributed by atoms with Crippen molar-refractivity contribution >= 4 is 17.3 Å². The molecule has 1 aromatic carbocycles. The number of aliphatic hydroxyl groups is 1. The van der Waals surface area contributed by atoms with Gasteiger partial charge in [-0.3, -0.25) is 0 Å². The average Bonchev–Trinajstić information content (AvgIpc) is 2.27. The SMILES string of the molecule is C[C@@H](N)c1ccc(N(C)C(C)(C)CO)c(Cl)c1. The van der Waals surface area contributed by atoms with Gasteiger partial charge in [-0.25, -0.2) is 0 Å². The number of hydrogen-bond acceptors (Lipinski definition) is 3. The van der Waals surface area contributed by atoms with Gasteiger partial charge in [-0.05, 0) is 38.5 Å². The minimum absolute atomic E-state index is 0.0299. The van der Waals surface area contributed by atoms with Crippen molar-refractivity contribution in [3.05, 3.63) is 28.8 Å². The molecule has 1 aromatic rings. The van der Waals surface area contributed by atoms with Crippen LogP contribution in [0.2, 0.25) is 5.02 Å². The number of hydrogen-bond donors (Lipinski definition) is 2. The van der Waals surface area contributed by atoms with Crippen molar-refractivity contribution in [3.63, 3.8) is 0 Å². The molecule has 3 nitrogen and oxygen atoms in total. The first-order valence-electron chi connectivity index (χ1n) is 5.69. The first-order chi connectivity index (χ1) is 7.79. The van der Waals surface area contributed by atoms with Gasteiger partial charge < -0.3 is 15.7 Å². The molecule has 3 N–H and O–H groups in total. The highest BCUT2D eigenvalue weighted by Crippen LogP contribution is 2.31. The molecule has 96 valence electrons. The van der Waals surface area contributed by atoms with Gasteiger partial charge in [0, 0.05) is 13.1 Å². The van der Waals surface area contributed by atoms with Gasteiger partial charge in [0.05, 0.1) is 22.9 Å². The number of aliphatic hydroxyl groups excluding tert-OH is 1. The van der Waals surface area contributed by atoms with Crippen LogP contribution in [0.25, 0.3) is 0 Å². The number of benzene rings is 1. The van der Waals surface area contributed by atoms with Crippen LogP contribution >= 0.6 is 11.6 Å². The maximum absolute atomic E-state index is 9.35. The predicted octanol–water partition coefficient (Wildman–Crippen LogP) is 2.57. The summed E-state index contributed by atoms with van der Waals surface area (Å²) in [7, 11) is 1.92. The quantitative estimate of drug-likeness (QED) is 0.871. The molecule has 1 atom stereocenters. The average molecular weight is 257 g/mol. The first-order valence-corrected chi connectivity index (χ1v) is 6.07. The van der Waals surface area contributed by atoms with Gasteiger partial charge in [0.15, 0.2) is 0 Å². The largest absolute Gasteiger partial charge is 0.394 e. The van der Waals surface area contributed by atoms with Gasteiger partial charge in [-0.2, -0.15) is 0 Å². The topological polar surface area (TPSA) is 49.5 Å². The van der Waals surface area contributed by atoms with Gasteiger partial charge in [0.1, 0.15) is 0 Å². The Morgan fingerprint density at radius 1 is 1.47 bits per heavy atom. The smallest absolute Gasteiger partial charge is 0.0658 e. The molecule has 0 aliphatic rings. The minimum Gasteiger partial charge on any atom is -0.394 e. The third-order valence-electron chi connectivity index (χ3n) is 3.15. The molecule has 0 fully saturated rings. The van der Waals surface area contributed by atoms with E-state index in [1.54, 1.807) is 0 Å². The van der Waals surface area contributed by atoms with E-state index in [0.29, 0.717) is 5.02 Å². The summed E-state index contributed by atoms with van der Waals surface area (Å²) in [4.78, 5) is 1.97. The lowest BCUT2D eigenvalue weighted by atomic mass is 10.0. The van der Waals surface area contributed by atoms with Gasteiger partial charge >= 0.3 is 0 Å². The van der Waals surface area contributed by atoms with Crippen molar-refractivity contribution < 1.29 is 5.11 Å². The predicted molar refractivity (Wildman–Crippen MR) is 73.6 cm³/mol. The summed E-state index contributed by atoms with van der Waals surface area (Å²) in [6.07, 6.45) is 0. The van der Waals surface area contributed by atoms with Crippen LogP contribution in [0.15, 0.2) is 18.2 Å². The fourth-order valence-electron chi connectivity index (χ4n) is 1.51. The standard InChI is InChI=1S/C13H21ClN2O/c1-9(15)10-5-6-12(11(14)7-10)16(4)13(2,3)8-17/h5-7,9,17H,8,15H2,1-4H3/t9-/m1/s1. The zero-order chi connectivity index (χ0) is 13.2. The van der Waals surface area contributed by atoms with Crippen LogP contribution < -0.4 is 10.6 Å². The second-order valence-electron chi connectivity index (χ2n) is 5.03. The minimum atomic E-state index is -0.348. The second kappa shape index (κ2) is 5.25. The van der Waals surface area contributed by atoms with Crippen LogP contribution in [-0.4, -0.2) is 24.3 Å². The Morgan fingerprint density at radius 2 is 2.06 bits per heavy atom. The summed E-state index contributed by atoms with van der Waals surface area (Å²) in [5.74, 6) is 0. The summed E-state index contributed by atoms with van der Waals surface area (Å²) in [5, 5.41) is 10.0. The molecule has 0 bridgehead atoms. The Kier molecular flexibility index (Phi) is 4.42. The fourth-order valence-corrected chi connectivity index (χ4v) is 1.83. The number of likely N-dealkylation sites (N-methyl/N-ethyl adjacent to an activating group) is 1. The van der Waals surface area contributed by atoms with E-state index < -0.39 is 0 Å². The Balaban J connectivity index is 3.08. The number of halogens is 1. The summed E-state index contributed by atoms with van der Waals surface area (Å²) in [5.41, 5.74) is 7.37. The highest BCUT2D eigenvalue weighted by Gasteiger charge is 2.24. The van der Waals surface area contributed by atoms with Crippen LogP contribution in [-0.2, 0) is 0 Å². The lowest BCUT2D eigenvalue weighted by Crippen LogP contribution is -2.44. The summed E-state index contributed by atoms with van der Waals surface area (Å²) in [6, 6.07) is 5.76. The fraction of sp³-hybridized carbons (Fsp3) is 0.538.